The first-order valence-electron chi connectivity index (χ1n) is 9.36. The number of imidazole rings is 1. The summed E-state index contributed by atoms with van der Waals surface area (Å²) in [6.45, 7) is 0.268. The minimum Gasteiger partial charge on any atom is -0.324 e. The number of fused-ring (bicyclic) bond motifs is 1. The Morgan fingerprint density at radius 3 is 2.87 bits per heavy atom. The van der Waals surface area contributed by atoms with Crippen LogP contribution in [0.25, 0.3) is 17.1 Å². The zero-order chi connectivity index (χ0) is 22.0. The maximum Gasteiger partial charge on any atom is 0.264 e. The van der Waals surface area contributed by atoms with Crippen LogP contribution in [-0.2, 0) is 9.59 Å². The fraction of sp³-hybridized carbons (Fsp3) is 0.143. The smallest absolute Gasteiger partial charge is 0.264 e. The average Bonchev–Trinajstić information content (AvgIpc) is 3.25. The lowest BCUT2D eigenvalue weighted by atomic mass is 10.2. The topological polar surface area (TPSA) is 102 Å². The Balaban J connectivity index is 1.53. The number of para-hydroxylation sites is 1. The predicted molar refractivity (Wildman–Crippen MR) is 128 cm³/mol. The van der Waals surface area contributed by atoms with E-state index in [4.69, 9.17) is 0 Å². The molecular weight excluding hydrogens is 480 g/mol. The molecule has 0 saturated carbocycles. The first-order chi connectivity index (χ1) is 14.9. The van der Waals surface area contributed by atoms with Crippen LogP contribution in [0, 0.1) is 0 Å². The lowest BCUT2D eigenvalue weighted by molar-refractivity contribution is -0.117. The molecule has 158 valence electrons. The van der Waals surface area contributed by atoms with E-state index in [-0.39, 0.29) is 18.4 Å². The number of anilines is 1. The van der Waals surface area contributed by atoms with E-state index >= 15 is 0 Å². The Bertz CT molecular complexity index is 1230. The molecule has 0 bridgehead atoms. The number of nitrogens with one attached hydrogen (secondary N) is 3. The Morgan fingerprint density at radius 2 is 2.10 bits per heavy atom. The van der Waals surface area contributed by atoms with Gasteiger partial charge in [-0.2, -0.15) is 0 Å². The van der Waals surface area contributed by atoms with Crippen LogP contribution in [0.15, 0.2) is 56.8 Å². The van der Waals surface area contributed by atoms with Crippen molar-refractivity contribution in [3.63, 3.8) is 0 Å². The number of halogens is 1. The number of likely N-dealkylation sites (N-methyl/N-ethyl adjacent to an activating group) is 1. The summed E-state index contributed by atoms with van der Waals surface area (Å²) in [5, 5.41) is 6.06. The number of hydrogen-bond donors (Lipinski definition) is 3. The molecule has 10 heteroatoms. The SMILES string of the molecule is CN(C)CC(=O)Nc1nc2ccc(C=C3SC(=Nc4ccccc4Br)NC3=O)cc2[nH]1. The summed E-state index contributed by atoms with van der Waals surface area (Å²) in [6.07, 6.45) is 1.80. The lowest BCUT2D eigenvalue weighted by Crippen LogP contribution is -2.27. The van der Waals surface area contributed by atoms with Crippen molar-refractivity contribution in [1.29, 1.82) is 0 Å². The molecule has 1 aliphatic rings. The molecule has 0 atom stereocenters. The number of amidine groups is 1. The first kappa shape index (κ1) is 21.3. The van der Waals surface area contributed by atoms with Crippen LogP contribution in [-0.4, -0.2) is 52.5 Å². The summed E-state index contributed by atoms with van der Waals surface area (Å²) in [4.78, 5) is 38.6. The normalized spacial score (nSPS) is 16.5. The number of amides is 2. The molecule has 0 spiro atoms. The van der Waals surface area contributed by atoms with Crippen molar-refractivity contribution >= 4 is 73.4 Å². The van der Waals surface area contributed by atoms with Gasteiger partial charge in [-0.3, -0.25) is 14.9 Å². The summed E-state index contributed by atoms with van der Waals surface area (Å²) >= 11 is 4.74. The standard InChI is InChI=1S/C21H19BrN6O2S/c1-28(2)11-18(29)26-20-23-15-8-7-12(9-16(15)24-20)10-17-19(30)27-21(31-17)25-14-6-4-3-5-13(14)22/h3-10H,11H2,1-2H3,(H,25,27,30)(H2,23,24,26,29). The van der Waals surface area contributed by atoms with Crippen LogP contribution < -0.4 is 10.6 Å². The molecule has 2 amide bonds. The highest BCUT2D eigenvalue weighted by Crippen LogP contribution is 2.31. The number of rotatable bonds is 5. The minimum atomic E-state index is -0.197. The largest absolute Gasteiger partial charge is 0.324 e. The number of aliphatic imine (C=N–C) groups is 1. The summed E-state index contributed by atoms with van der Waals surface area (Å²) in [5.74, 6) is 0.0435. The monoisotopic (exact) mass is 498 g/mol. The van der Waals surface area contributed by atoms with Gasteiger partial charge in [-0.05, 0) is 77.7 Å². The molecule has 3 aromatic rings. The van der Waals surface area contributed by atoms with Crippen LogP contribution in [0.2, 0.25) is 0 Å². The third-order valence-electron chi connectivity index (χ3n) is 4.25. The number of benzene rings is 2. The quantitative estimate of drug-likeness (QED) is 0.465. The van der Waals surface area contributed by atoms with Gasteiger partial charge in [0.1, 0.15) is 0 Å². The van der Waals surface area contributed by atoms with Crippen LogP contribution in [0.3, 0.4) is 0 Å². The van der Waals surface area contributed by atoms with E-state index in [2.05, 4.69) is 41.5 Å². The van der Waals surface area contributed by atoms with Crippen molar-refractivity contribution in [3.05, 3.63) is 57.4 Å². The van der Waals surface area contributed by atoms with Gasteiger partial charge < -0.3 is 15.2 Å². The van der Waals surface area contributed by atoms with Crippen molar-refractivity contribution in [2.45, 2.75) is 0 Å². The number of thioether (sulfide) groups is 1. The van der Waals surface area contributed by atoms with Crippen LogP contribution in [0.5, 0.6) is 0 Å². The highest BCUT2D eigenvalue weighted by molar-refractivity contribution is 9.10. The number of H-pyrrole nitrogens is 1. The summed E-state index contributed by atoms with van der Waals surface area (Å²) in [5.41, 5.74) is 3.07. The fourth-order valence-electron chi connectivity index (χ4n) is 2.92. The second kappa shape index (κ2) is 9.04. The fourth-order valence-corrected chi connectivity index (χ4v) is 4.13. The van der Waals surface area contributed by atoms with Gasteiger partial charge in [0.15, 0.2) is 5.17 Å². The molecule has 0 unspecified atom stereocenters. The third kappa shape index (κ3) is 5.22. The second-order valence-electron chi connectivity index (χ2n) is 7.08. The molecular formula is C21H19BrN6O2S. The van der Waals surface area contributed by atoms with Crippen LogP contribution >= 0.6 is 27.7 Å². The van der Waals surface area contributed by atoms with Crippen molar-refractivity contribution in [2.24, 2.45) is 4.99 Å². The summed E-state index contributed by atoms with van der Waals surface area (Å²) in [6, 6.07) is 13.2. The molecule has 0 aliphatic carbocycles. The summed E-state index contributed by atoms with van der Waals surface area (Å²) in [7, 11) is 3.65. The highest BCUT2D eigenvalue weighted by atomic mass is 79.9. The summed E-state index contributed by atoms with van der Waals surface area (Å²) < 4.78 is 0.855. The van der Waals surface area contributed by atoms with E-state index in [0.717, 1.165) is 26.8 Å². The molecule has 1 aromatic heterocycles. The van der Waals surface area contributed by atoms with Crippen molar-refractivity contribution in [1.82, 2.24) is 20.2 Å². The van der Waals surface area contributed by atoms with Gasteiger partial charge in [-0.25, -0.2) is 9.98 Å². The van der Waals surface area contributed by atoms with E-state index in [0.29, 0.717) is 16.0 Å². The van der Waals surface area contributed by atoms with Gasteiger partial charge in [0.2, 0.25) is 11.9 Å². The van der Waals surface area contributed by atoms with Crippen molar-refractivity contribution in [2.75, 3.05) is 26.0 Å². The van der Waals surface area contributed by atoms with E-state index < -0.39 is 0 Å². The van der Waals surface area contributed by atoms with Gasteiger partial charge in [0.25, 0.3) is 5.91 Å². The van der Waals surface area contributed by atoms with Crippen molar-refractivity contribution in [3.8, 4) is 0 Å². The van der Waals surface area contributed by atoms with Gasteiger partial charge in [-0.15, -0.1) is 0 Å². The molecule has 2 aromatic carbocycles. The average molecular weight is 499 g/mol. The molecule has 4 rings (SSSR count). The lowest BCUT2D eigenvalue weighted by Gasteiger charge is -2.07. The van der Waals surface area contributed by atoms with E-state index in [1.54, 1.807) is 11.0 Å². The number of nitrogens with zero attached hydrogens (tertiary/aromatic N) is 3. The van der Waals surface area contributed by atoms with Gasteiger partial charge in [0.05, 0.1) is 28.2 Å². The zero-order valence-corrected chi connectivity index (χ0v) is 19.2. The second-order valence-corrected chi connectivity index (χ2v) is 8.97. The van der Waals surface area contributed by atoms with Gasteiger partial charge >= 0.3 is 0 Å². The molecule has 8 nitrogen and oxygen atoms in total. The minimum absolute atomic E-state index is 0.151. The third-order valence-corrected chi connectivity index (χ3v) is 5.83. The number of carbonyl (C=O) groups is 2. The van der Waals surface area contributed by atoms with Crippen LogP contribution in [0.1, 0.15) is 5.56 Å². The molecule has 1 aliphatic heterocycles. The van der Waals surface area contributed by atoms with Gasteiger partial charge in [0, 0.05) is 4.47 Å². The number of carbonyl (C=O) groups excluding carboxylic acids is 2. The Hall–Kier alpha value is -2.95. The zero-order valence-electron chi connectivity index (χ0n) is 16.8. The molecule has 31 heavy (non-hydrogen) atoms. The molecule has 1 saturated heterocycles. The number of aromatic amines is 1. The van der Waals surface area contributed by atoms with E-state index in [1.165, 1.54) is 11.8 Å². The molecule has 2 heterocycles. The van der Waals surface area contributed by atoms with Crippen molar-refractivity contribution < 1.29 is 9.59 Å². The maximum absolute atomic E-state index is 12.4. The maximum atomic E-state index is 12.4. The van der Waals surface area contributed by atoms with E-state index in [9.17, 15) is 9.59 Å². The van der Waals surface area contributed by atoms with Crippen LogP contribution in [0.4, 0.5) is 11.6 Å². The Kier molecular flexibility index (Phi) is 6.21. The molecule has 3 N–H and O–H groups in total. The Labute approximate surface area is 191 Å². The predicted octanol–water partition coefficient (Wildman–Crippen LogP) is 3.72. The van der Waals surface area contributed by atoms with E-state index in [1.807, 2.05) is 56.6 Å². The molecule has 0 radical (unpaired) electrons. The first-order valence-corrected chi connectivity index (χ1v) is 11.0. The number of hydrogen-bond acceptors (Lipinski definition) is 6. The molecule has 1 fully saturated rings. The Morgan fingerprint density at radius 1 is 1.29 bits per heavy atom. The number of aromatic nitrogens is 2. The van der Waals surface area contributed by atoms with Gasteiger partial charge in [-0.1, -0.05) is 18.2 Å². The highest BCUT2D eigenvalue weighted by Gasteiger charge is 2.24.